The van der Waals surface area contributed by atoms with Crippen molar-refractivity contribution < 1.29 is 27.4 Å². The van der Waals surface area contributed by atoms with Crippen molar-refractivity contribution in [1.29, 1.82) is 0 Å². The smallest absolute Gasteiger partial charge is 0.416 e. The molecule has 0 spiro atoms. The zero-order valence-electron chi connectivity index (χ0n) is 16.4. The van der Waals surface area contributed by atoms with Gasteiger partial charge in [-0.2, -0.15) is 13.2 Å². The summed E-state index contributed by atoms with van der Waals surface area (Å²) in [5.41, 5.74) is -0.0787. The van der Waals surface area contributed by atoms with E-state index in [2.05, 4.69) is 5.32 Å². The number of ether oxygens (including phenoxy) is 2. The van der Waals surface area contributed by atoms with Gasteiger partial charge in [-0.15, -0.1) is 0 Å². The van der Waals surface area contributed by atoms with Gasteiger partial charge in [0.05, 0.1) is 29.5 Å². The first-order chi connectivity index (χ1) is 13.6. The van der Waals surface area contributed by atoms with Gasteiger partial charge in [0.15, 0.2) is 0 Å². The number of amides is 1. The summed E-state index contributed by atoms with van der Waals surface area (Å²) >= 11 is 5.95. The van der Waals surface area contributed by atoms with Crippen molar-refractivity contribution in [2.24, 2.45) is 5.92 Å². The van der Waals surface area contributed by atoms with Gasteiger partial charge >= 0.3 is 6.18 Å². The molecule has 1 N–H and O–H groups in total. The van der Waals surface area contributed by atoms with Crippen LogP contribution in [0.3, 0.4) is 0 Å². The number of anilines is 1. The summed E-state index contributed by atoms with van der Waals surface area (Å²) in [4.78, 5) is 12.6. The molecule has 0 bridgehead atoms. The van der Waals surface area contributed by atoms with Crippen LogP contribution in [-0.2, 0) is 17.5 Å². The number of alkyl halides is 3. The molecule has 8 heteroatoms. The van der Waals surface area contributed by atoms with Gasteiger partial charge in [0.1, 0.15) is 5.75 Å². The SMILES string of the molecule is CCOc1ccc(C(=O)Nc2cc(C(F)(F)F)ccc2Cl)cc1COCC(C)C. The summed E-state index contributed by atoms with van der Waals surface area (Å²) in [6.45, 7) is 7.12. The number of hydrogen-bond acceptors (Lipinski definition) is 3. The number of carbonyl (C=O) groups is 1. The van der Waals surface area contributed by atoms with Crippen molar-refractivity contribution in [3.8, 4) is 5.75 Å². The second kappa shape index (κ2) is 9.98. The average Bonchev–Trinajstić information content (AvgIpc) is 2.63. The van der Waals surface area contributed by atoms with E-state index in [1.165, 1.54) is 6.07 Å². The second-order valence-corrected chi connectivity index (χ2v) is 7.22. The van der Waals surface area contributed by atoms with Crippen LogP contribution in [0, 0.1) is 5.92 Å². The lowest BCUT2D eigenvalue weighted by Crippen LogP contribution is -2.14. The predicted octanol–water partition coefficient (Wildman–Crippen LogP) is 6.18. The Morgan fingerprint density at radius 2 is 1.90 bits per heavy atom. The molecule has 0 radical (unpaired) electrons. The largest absolute Gasteiger partial charge is 0.494 e. The van der Waals surface area contributed by atoms with Crippen LogP contribution < -0.4 is 10.1 Å². The summed E-state index contributed by atoms with van der Waals surface area (Å²) < 4.78 is 50.0. The van der Waals surface area contributed by atoms with Crippen LogP contribution in [0.15, 0.2) is 36.4 Å². The van der Waals surface area contributed by atoms with Crippen molar-refractivity contribution in [3.63, 3.8) is 0 Å². The predicted molar refractivity (Wildman–Crippen MR) is 107 cm³/mol. The number of carbonyl (C=O) groups excluding carboxylic acids is 1. The molecule has 0 aromatic heterocycles. The van der Waals surface area contributed by atoms with E-state index in [-0.39, 0.29) is 22.9 Å². The van der Waals surface area contributed by atoms with E-state index in [0.29, 0.717) is 30.4 Å². The molecule has 158 valence electrons. The maximum Gasteiger partial charge on any atom is 0.416 e. The molecule has 0 aliphatic heterocycles. The fourth-order valence-corrected chi connectivity index (χ4v) is 2.69. The molecule has 0 aliphatic rings. The Morgan fingerprint density at radius 1 is 1.17 bits per heavy atom. The van der Waals surface area contributed by atoms with Crippen LogP contribution >= 0.6 is 11.6 Å². The first kappa shape index (κ1) is 23.0. The van der Waals surface area contributed by atoms with Crippen molar-refractivity contribution in [2.45, 2.75) is 33.6 Å². The number of halogens is 4. The Balaban J connectivity index is 2.24. The zero-order chi connectivity index (χ0) is 21.6. The third kappa shape index (κ3) is 6.65. The van der Waals surface area contributed by atoms with Crippen LogP contribution in [0.25, 0.3) is 0 Å². The van der Waals surface area contributed by atoms with Gasteiger partial charge < -0.3 is 14.8 Å². The molecule has 1 amide bonds. The summed E-state index contributed by atoms with van der Waals surface area (Å²) in [5, 5.41) is 2.45. The molecule has 0 heterocycles. The Hall–Kier alpha value is -2.25. The minimum Gasteiger partial charge on any atom is -0.494 e. The maximum atomic E-state index is 12.9. The quantitative estimate of drug-likeness (QED) is 0.544. The molecule has 0 aliphatic carbocycles. The first-order valence-corrected chi connectivity index (χ1v) is 9.51. The minimum absolute atomic E-state index is 0.0118. The molecule has 2 aromatic rings. The van der Waals surface area contributed by atoms with Gasteiger partial charge in [-0.25, -0.2) is 0 Å². The van der Waals surface area contributed by atoms with Gasteiger partial charge in [-0.3, -0.25) is 4.79 Å². The van der Waals surface area contributed by atoms with Gasteiger partial charge in [0.2, 0.25) is 0 Å². The van der Waals surface area contributed by atoms with Crippen molar-refractivity contribution in [2.75, 3.05) is 18.5 Å². The van der Waals surface area contributed by atoms with Crippen molar-refractivity contribution in [3.05, 3.63) is 58.1 Å². The number of nitrogens with one attached hydrogen (secondary N) is 1. The second-order valence-electron chi connectivity index (χ2n) is 6.81. The fourth-order valence-electron chi connectivity index (χ4n) is 2.53. The lowest BCUT2D eigenvalue weighted by atomic mass is 10.1. The molecule has 2 aromatic carbocycles. The third-order valence-electron chi connectivity index (χ3n) is 3.87. The van der Waals surface area contributed by atoms with E-state index in [0.717, 1.165) is 18.2 Å². The maximum absolute atomic E-state index is 12.9. The van der Waals surface area contributed by atoms with Crippen LogP contribution in [0.4, 0.5) is 18.9 Å². The molecule has 0 unspecified atom stereocenters. The van der Waals surface area contributed by atoms with E-state index in [1.54, 1.807) is 12.1 Å². The Bertz CT molecular complexity index is 854. The summed E-state index contributed by atoms with van der Waals surface area (Å²) in [6.07, 6.45) is -4.54. The van der Waals surface area contributed by atoms with Crippen LogP contribution in [0.2, 0.25) is 5.02 Å². The lowest BCUT2D eigenvalue weighted by Gasteiger charge is -2.14. The standard InChI is InChI=1S/C21H23ClF3NO3/c1-4-29-19-8-5-14(9-15(19)12-28-11-13(2)3)20(27)26-18-10-16(21(23,24)25)6-7-17(18)22/h5-10,13H,4,11-12H2,1-3H3,(H,26,27). The lowest BCUT2D eigenvalue weighted by molar-refractivity contribution is -0.137. The van der Waals surface area contributed by atoms with Crippen LogP contribution in [0.5, 0.6) is 5.75 Å². The molecular formula is C21H23ClF3NO3. The topological polar surface area (TPSA) is 47.6 Å². The molecule has 0 fully saturated rings. The third-order valence-corrected chi connectivity index (χ3v) is 4.20. The summed E-state index contributed by atoms with van der Waals surface area (Å²) in [7, 11) is 0. The van der Waals surface area contributed by atoms with Gasteiger partial charge in [0.25, 0.3) is 5.91 Å². The fraction of sp³-hybridized carbons (Fsp3) is 0.381. The van der Waals surface area contributed by atoms with Gasteiger partial charge in [-0.1, -0.05) is 25.4 Å². The summed E-state index contributed by atoms with van der Waals surface area (Å²) in [6, 6.07) is 7.54. The van der Waals surface area contributed by atoms with Gasteiger partial charge in [0, 0.05) is 17.7 Å². The molecule has 2 rings (SSSR count). The summed E-state index contributed by atoms with van der Waals surface area (Å²) in [5.74, 6) is 0.351. The number of hydrogen-bond donors (Lipinski definition) is 1. The number of rotatable bonds is 8. The van der Waals surface area contributed by atoms with E-state index in [9.17, 15) is 18.0 Å². The minimum atomic E-state index is -4.54. The molecule has 4 nitrogen and oxygen atoms in total. The van der Waals surface area contributed by atoms with E-state index in [1.807, 2.05) is 20.8 Å². The highest BCUT2D eigenvalue weighted by Gasteiger charge is 2.31. The molecule has 0 atom stereocenters. The van der Waals surface area contributed by atoms with E-state index in [4.69, 9.17) is 21.1 Å². The molecule has 29 heavy (non-hydrogen) atoms. The Morgan fingerprint density at radius 3 is 2.52 bits per heavy atom. The van der Waals surface area contributed by atoms with Crippen LogP contribution in [-0.4, -0.2) is 19.1 Å². The first-order valence-electron chi connectivity index (χ1n) is 9.13. The normalized spacial score (nSPS) is 11.6. The van der Waals surface area contributed by atoms with Crippen molar-refractivity contribution >= 4 is 23.2 Å². The van der Waals surface area contributed by atoms with Crippen LogP contribution in [0.1, 0.15) is 42.3 Å². The van der Waals surface area contributed by atoms with E-state index >= 15 is 0 Å². The zero-order valence-corrected chi connectivity index (χ0v) is 17.2. The Labute approximate surface area is 173 Å². The highest BCUT2D eigenvalue weighted by molar-refractivity contribution is 6.34. The van der Waals surface area contributed by atoms with Crippen molar-refractivity contribution in [1.82, 2.24) is 0 Å². The Kier molecular flexibility index (Phi) is 7.93. The molecular weight excluding hydrogens is 407 g/mol. The van der Waals surface area contributed by atoms with Gasteiger partial charge in [-0.05, 0) is 49.2 Å². The molecule has 0 saturated heterocycles. The monoisotopic (exact) mass is 429 g/mol. The highest BCUT2D eigenvalue weighted by atomic mass is 35.5. The molecule has 0 saturated carbocycles. The number of benzene rings is 2. The average molecular weight is 430 g/mol. The highest BCUT2D eigenvalue weighted by Crippen LogP contribution is 2.34. The van der Waals surface area contributed by atoms with E-state index < -0.39 is 17.6 Å².